The molecule has 0 aliphatic carbocycles. The molecule has 244 valence electrons. The molecule has 2 saturated heterocycles. The first-order chi connectivity index (χ1) is 21.6. The van der Waals surface area contributed by atoms with E-state index in [-0.39, 0.29) is 30.8 Å². The van der Waals surface area contributed by atoms with Gasteiger partial charge in [-0.15, -0.1) is 0 Å². The Labute approximate surface area is 266 Å². The number of esters is 1. The number of rotatable bonds is 7. The average molecular weight is 622 g/mol. The van der Waals surface area contributed by atoms with Crippen LogP contribution in [-0.2, 0) is 28.7 Å². The number of amides is 3. The summed E-state index contributed by atoms with van der Waals surface area (Å²) >= 11 is 0. The molecule has 0 aromatic heterocycles. The minimum atomic E-state index is -1.43. The summed E-state index contributed by atoms with van der Waals surface area (Å²) in [7, 11) is 1.71. The number of aliphatic hydroxyl groups excluding tert-OH is 1. The molecule has 45 heavy (non-hydrogen) atoms. The third-order valence-corrected chi connectivity index (χ3v) is 10.0. The van der Waals surface area contributed by atoms with Crippen molar-refractivity contribution in [3.05, 3.63) is 60.2 Å². The zero-order chi connectivity index (χ0) is 32.5. The predicted octanol–water partition coefficient (Wildman–Crippen LogP) is 3.26. The van der Waals surface area contributed by atoms with Crippen LogP contribution in [0, 0.1) is 17.8 Å². The van der Waals surface area contributed by atoms with Crippen molar-refractivity contribution in [1.82, 2.24) is 14.7 Å². The van der Waals surface area contributed by atoms with Gasteiger partial charge in [-0.2, -0.15) is 0 Å². The first-order valence-corrected chi connectivity index (χ1v) is 16.3. The van der Waals surface area contributed by atoms with Crippen molar-refractivity contribution in [3.63, 3.8) is 0 Å². The van der Waals surface area contributed by atoms with E-state index in [1.54, 1.807) is 29.0 Å². The van der Waals surface area contributed by atoms with Gasteiger partial charge < -0.3 is 29.3 Å². The van der Waals surface area contributed by atoms with Crippen molar-refractivity contribution in [2.45, 2.75) is 89.3 Å². The van der Waals surface area contributed by atoms with Crippen LogP contribution in [0.3, 0.4) is 0 Å². The lowest BCUT2D eigenvalue weighted by atomic mass is 9.77. The molecule has 10 nitrogen and oxygen atoms in total. The van der Waals surface area contributed by atoms with E-state index >= 15 is 0 Å². The summed E-state index contributed by atoms with van der Waals surface area (Å²) in [6.45, 7) is 8.26. The highest BCUT2D eigenvalue weighted by Gasteiger charge is 2.72. The van der Waals surface area contributed by atoms with Crippen LogP contribution in [0.1, 0.15) is 65.0 Å². The number of aliphatic hydroxyl groups is 1. The Hall–Kier alpha value is -3.50. The number of carbonyl (C=O) groups excluding carboxylic acids is 4. The van der Waals surface area contributed by atoms with E-state index in [0.717, 1.165) is 18.4 Å². The number of likely N-dealkylation sites (N-methyl/N-ethyl adjacent to an activating group) is 1. The standard InChI is InChI=1S/C35H47N3O7/c1-6-7-19-37-20-13-18-35-29(32(41)38(31(35)33(37)42)25(21-39)22(2)3)28-26(45-35)16-11-12-17-27(40)36(5)23(4)30(44-34(28)43)24-14-9-8-10-15-24/h8-11,13-16,18,22-23,25-26,28-31,39H,6-7,12,17,19-21H2,1-5H3/b16-11-/t23-,25-,26-,28+,29+,30+,31-,35+/m0/s1. The number of likely N-dealkylation sites (tertiary alicyclic amines) is 1. The van der Waals surface area contributed by atoms with Crippen molar-refractivity contribution in [3.8, 4) is 0 Å². The highest BCUT2D eigenvalue weighted by Crippen LogP contribution is 2.54. The van der Waals surface area contributed by atoms with Crippen molar-refractivity contribution in [1.29, 1.82) is 0 Å². The summed E-state index contributed by atoms with van der Waals surface area (Å²) in [5.74, 6) is -3.60. The number of benzene rings is 1. The summed E-state index contributed by atoms with van der Waals surface area (Å²) in [6, 6.07) is 7.09. The van der Waals surface area contributed by atoms with Crippen LogP contribution < -0.4 is 0 Å². The second kappa shape index (κ2) is 13.5. The molecule has 0 unspecified atom stereocenters. The molecule has 1 spiro atoms. The van der Waals surface area contributed by atoms with Crippen LogP contribution >= 0.6 is 0 Å². The van der Waals surface area contributed by atoms with Gasteiger partial charge in [0.15, 0.2) is 0 Å². The van der Waals surface area contributed by atoms with Crippen molar-refractivity contribution >= 4 is 23.7 Å². The van der Waals surface area contributed by atoms with Crippen LogP contribution in [0.5, 0.6) is 0 Å². The van der Waals surface area contributed by atoms with Gasteiger partial charge in [0.05, 0.1) is 30.7 Å². The fourth-order valence-corrected chi connectivity index (χ4v) is 7.40. The normalized spacial score (nSPS) is 33.6. The number of nitrogens with zero attached hydrogens (tertiary/aromatic N) is 3. The van der Waals surface area contributed by atoms with Crippen molar-refractivity contribution in [2.24, 2.45) is 17.8 Å². The van der Waals surface area contributed by atoms with E-state index in [9.17, 15) is 24.3 Å². The van der Waals surface area contributed by atoms with Gasteiger partial charge in [0.2, 0.25) is 17.7 Å². The molecule has 1 aromatic carbocycles. The third-order valence-electron chi connectivity index (χ3n) is 10.0. The maximum absolute atomic E-state index is 14.7. The number of fused-ring (bicyclic) bond motifs is 2. The first-order valence-electron chi connectivity index (χ1n) is 16.3. The van der Waals surface area contributed by atoms with E-state index in [1.165, 1.54) is 4.90 Å². The Morgan fingerprint density at radius 1 is 1.07 bits per heavy atom. The molecule has 1 aromatic rings. The van der Waals surface area contributed by atoms with Crippen LogP contribution in [0.2, 0.25) is 0 Å². The maximum Gasteiger partial charge on any atom is 0.313 e. The fourth-order valence-electron chi connectivity index (χ4n) is 7.40. The molecule has 0 radical (unpaired) electrons. The van der Waals surface area contributed by atoms with Gasteiger partial charge in [0.1, 0.15) is 23.7 Å². The molecular weight excluding hydrogens is 574 g/mol. The minimum Gasteiger partial charge on any atom is -0.455 e. The summed E-state index contributed by atoms with van der Waals surface area (Å²) < 4.78 is 13.1. The SMILES string of the molecule is CCCCN1CC=C[C@@]23O[C@H]4/C=C\CCC(=O)N(C)[C@@H](C)[C@H](c5ccccc5)OC(=O)[C@H]4[C@@H]2C(=O)N([C@@H](CO)C(C)C)[C@H]3C1=O. The molecule has 2 fully saturated rings. The molecule has 0 bridgehead atoms. The lowest BCUT2D eigenvalue weighted by Gasteiger charge is -2.40. The van der Waals surface area contributed by atoms with Gasteiger partial charge in [0, 0.05) is 26.6 Å². The summed E-state index contributed by atoms with van der Waals surface area (Å²) in [5, 5.41) is 10.5. The number of unbranched alkanes of at least 4 members (excludes halogenated alkanes) is 1. The highest BCUT2D eigenvalue weighted by molar-refractivity contribution is 5.99. The minimum absolute atomic E-state index is 0.0804. The number of cyclic esters (lactones) is 1. The smallest absolute Gasteiger partial charge is 0.313 e. The molecule has 5 rings (SSSR count). The van der Waals surface area contributed by atoms with Crippen LogP contribution in [-0.4, -0.2) is 100 Å². The Balaban J connectivity index is 1.63. The second-order valence-electron chi connectivity index (χ2n) is 13.1. The van der Waals surface area contributed by atoms with Gasteiger partial charge in [-0.05, 0) is 31.2 Å². The van der Waals surface area contributed by atoms with Gasteiger partial charge in [-0.3, -0.25) is 19.2 Å². The molecule has 3 amide bonds. The molecule has 0 saturated carbocycles. The molecular formula is C35H47N3O7. The van der Waals surface area contributed by atoms with Crippen molar-refractivity contribution in [2.75, 3.05) is 26.7 Å². The van der Waals surface area contributed by atoms with E-state index in [0.29, 0.717) is 19.5 Å². The number of allylic oxidation sites excluding steroid dienone is 1. The molecule has 1 N–H and O–H groups in total. The number of hydrogen-bond donors (Lipinski definition) is 1. The second-order valence-corrected chi connectivity index (χ2v) is 13.1. The number of hydrogen-bond acceptors (Lipinski definition) is 7. The molecule has 10 heteroatoms. The van der Waals surface area contributed by atoms with E-state index in [1.807, 2.05) is 63.3 Å². The fraction of sp³-hybridized carbons (Fsp3) is 0.600. The molecule has 4 aliphatic heterocycles. The third kappa shape index (κ3) is 5.83. The lowest BCUT2D eigenvalue weighted by Crippen LogP contribution is -2.59. The Bertz CT molecular complexity index is 1330. The molecule has 8 atom stereocenters. The van der Waals surface area contributed by atoms with E-state index in [4.69, 9.17) is 9.47 Å². The topological polar surface area (TPSA) is 117 Å². The Morgan fingerprint density at radius 2 is 1.80 bits per heavy atom. The largest absolute Gasteiger partial charge is 0.455 e. The predicted molar refractivity (Wildman–Crippen MR) is 167 cm³/mol. The van der Waals surface area contributed by atoms with Crippen LogP contribution in [0.25, 0.3) is 0 Å². The van der Waals surface area contributed by atoms with Gasteiger partial charge in [0.25, 0.3) is 0 Å². The zero-order valence-electron chi connectivity index (χ0n) is 27.0. The molecule has 4 aliphatic rings. The lowest BCUT2D eigenvalue weighted by molar-refractivity contribution is -0.165. The average Bonchev–Trinajstić information content (AvgIpc) is 3.42. The Morgan fingerprint density at radius 3 is 2.47 bits per heavy atom. The molecule has 4 heterocycles. The van der Waals surface area contributed by atoms with Gasteiger partial charge in [-0.1, -0.05) is 81.8 Å². The van der Waals surface area contributed by atoms with E-state index in [2.05, 4.69) is 6.92 Å². The summed E-state index contributed by atoms with van der Waals surface area (Å²) in [4.78, 5) is 61.5. The Kier molecular flexibility index (Phi) is 9.84. The van der Waals surface area contributed by atoms with Crippen LogP contribution in [0.4, 0.5) is 0 Å². The highest BCUT2D eigenvalue weighted by atomic mass is 16.6. The summed E-state index contributed by atoms with van der Waals surface area (Å²) in [6.07, 6.45) is 7.95. The number of ether oxygens (including phenoxy) is 2. The number of carbonyl (C=O) groups is 4. The maximum atomic E-state index is 14.7. The zero-order valence-corrected chi connectivity index (χ0v) is 27.0. The van der Waals surface area contributed by atoms with E-state index < -0.39 is 59.6 Å². The van der Waals surface area contributed by atoms with Gasteiger partial charge >= 0.3 is 5.97 Å². The summed E-state index contributed by atoms with van der Waals surface area (Å²) in [5.41, 5.74) is -0.708. The van der Waals surface area contributed by atoms with Crippen LogP contribution in [0.15, 0.2) is 54.6 Å². The first kappa shape index (κ1) is 32.9. The quantitative estimate of drug-likeness (QED) is 0.367. The van der Waals surface area contributed by atoms with Gasteiger partial charge in [-0.25, -0.2) is 0 Å². The monoisotopic (exact) mass is 621 g/mol. The van der Waals surface area contributed by atoms with Crippen molar-refractivity contribution < 1.29 is 33.8 Å².